The molecule has 0 fully saturated rings. The number of H-pyrrole nitrogens is 1. The first kappa shape index (κ1) is 9.18. The minimum Gasteiger partial charge on any atom is -1.00 e. The molecule has 0 atom stereocenters. The maximum absolute atomic E-state index is 3.65. The molecule has 1 nitrogen and oxygen atoms in total. The van der Waals surface area contributed by atoms with E-state index in [-0.39, 0.29) is 12.4 Å². The molecule has 0 aromatic carbocycles. The lowest BCUT2D eigenvalue weighted by Crippen LogP contribution is -3.00. The maximum Gasteiger partial charge on any atom is 0.167 e. The molecular formula is C8H10ClN. The van der Waals surface area contributed by atoms with E-state index >= 15 is 0 Å². The predicted octanol–water partition coefficient (Wildman–Crippen LogP) is -1.77. The molecule has 54 valence electrons. The summed E-state index contributed by atoms with van der Waals surface area (Å²) in [6.45, 7) is 3.65. The highest BCUT2D eigenvalue weighted by Gasteiger charge is 1.86. The molecule has 1 N–H and O–H groups in total. The molecule has 0 bridgehead atoms. The number of nitrogens with one attached hydrogen (secondary N) is 1. The van der Waals surface area contributed by atoms with E-state index in [4.69, 9.17) is 0 Å². The van der Waals surface area contributed by atoms with Crippen LogP contribution >= 0.6 is 0 Å². The second-order valence-corrected chi connectivity index (χ2v) is 1.90. The normalized spacial score (nSPS) is 8.00. The molecule has 0 aliphatic rings. The summed E-state index contributed by atoms with van der Waals surface area (Å²) in [6.07, 6.45) is 6.68. The van der Waals surface area contributed by atoms with Crippen molar-refractivity contribution < 1.29 is 17.4 Å². The van der Waals surface area contributed by atoms with Crippen molar-refractivity contribution in [3.8, 4) is 0 Å². The molecular weight excluding hydrogens is 146 g/mol. The minimum absolute atomic E-state index is 0. The highest BCUT2D eigenvalue weighted by molar-refractivity contribution is 5.10. The molecule has 0 saturated carbocycles. The third kappa shape index (κ3) is 2.65. The quantitative estimate of drug-likeness (QED) is 0.449. The van der Waals surface area contributed by atoms with Crippen LogP contribution in [0.2, 0.25) is 0 Å². The maximum atomic E-state index is 3.65. The van der Waals surface area contributed by atoms with Crippen molar-refractivity contribution in [3.05, 3.63) is 42.7 Å². The molecule has 2 heteroatoms. The summed E-state index contributed by atoms with van der Waals surface area (Å²) in [5.41, 5.74) is 1.30. The monoisotopic (exact) mass is 155 g/mol. The van der Waals surface area contributed by atoms with Crippen LogP contribution in [0.3, 0.4) is 0 Å². The third-order valence-corrected chi connectivity index (χ3v) is 1.17. The van der Waals surface area contributed by atoms with E-state index in [1.54, 1.807) is 0 Å². The van der Waals surface area contributed by atoms with E-state index in [2.05, 4.69) is 11.6 Å². The van der Waals surface area contributed by atoms with Gasteiger partial charge in [0, 0.05) is 12.1 Å². The largest absolute Gasteiger partial charge is 1.00 e. The van der Waals surface area contributed by atoms with Crippen LogP contribution in [0.1, 0.15) is 5.56 Å². The van der Waals surface area contributed by atoms with Gasteiger partial charge in [-0.05, 0) is 12.0 Å². The second-order valence-electron chi connectivity index (χ2n) is 1.90. The zero-order valence-corrected chi connectivity index (χ0v) is 6.43. The van der Waals surface area contributed by atoms with Crippen LogP contribution in [-0.2, 0) is 6.42 Å². The lowest BCUT2D eigenvalue weighted by Gasteiger charge is -1.87. The molecule has 0 unspecified atom stereocenters. The van der Waals surface area contributed by atoms with Crippen molar-refractivity contribution >= 4 is 0 Å². The molecule has 1 rings (SSSR count). The summed E-state index contributed by atoms with van der Waals surface area (Å²) in [4.78, 5) is 2.96. The Bertz CT molecular complexity index is 184. The Hall–Kier alpha value is -0.820. The van der Waals surface area contributed by atoms with E-state index in [0.717, 1.165) is 6.42 Å². The van der Waals surface area contributed by atoms with E-state index in [1.807, 2.05) is 30.6 Å². The summed E-state index contributed by atoms with van der Waals surface area (Å²) < 4.78 is 0. The third-order valence-electron chi connectivity index (χ3n) is 1.17. The second kappa shape index (κ2) is 5.00. The lowest BCUT2D eigenvalue weighted by molar-refractivity contribution is -0.378. The number of aromatic amines is 1. The molecule has 0 aliphatic carbocycles. The molecule has 0 aliphatic heterocycles. The van der Waals surface area contributed by atoms with Crippen LogP contribution < -0.4 is 17.4 Å². The molecule has 10 heavy (non-hydrogen) atoms. The SMILES string of the molecule is C=CCc1cc[nH+]cc1.[Cl-]. The van der Waals surface area contributed by atoms with Gasteiger partial charge in [0.25, 0.3) is 0 Å². The average Bonchev–Trinajstić information content (AvgIpc) is 1.91. The number of hydrogen-bond donors (Lipinski definition) is 0. The highest BCUT2D eigenvalue weighted by Crippen LogP contribution is 1.94. The molecule has 0 radical (unpaired) electrons. The topological polar surface area (TPSA) is 14.1 Å². The Morgan fingerprint density at radius 2 is 2.00 bits per heavy atom. The summed E-state index contributed by atoms with van der Waals surface area (Å²) in [7, 11) is 0. The van der Waals surface area contributed by atoms with Crippen LogP contribution in [0.15, 0.2) is 37.2 Å². The predicted molar refractivity (Wildman–Crippen MR) is 36.9 cm³/mol. The fourth-order valence-corrected chi connectivity index (χ4v) is 0.724. The van der Waals surface area contributed by atoms with Gasteiger partial charge in [0.2, 0.25) is 0 Å². The van der Waals surface area contributed by atoms with Gasteiger partial charge in [-0.1, -0.05) is 6.08 Å². The Kier molecular flexibility index (Phi) is 4.59. The van der Waals surface area contributed by atoms with Crippen molar-refractivity contribution in [2.45, 2.75) is 6.42 Å². The molecule has 1 aromatic heterocycles. The van der Waals surface area contributed by atoms with E-state index < -0.39 is 0 Å². The van der Waals surface area contributed by atoms with Gasteiger partial charge in [-0.25, -0.2) is 4.98 Å². The van der Waals surface area contributed by atoms with Crippen molar-refractivity contribution in [1.29, 1.82) is 0 Å². The molecule has 1 heterocycles. The van der Waals surface area contributed by atoms with Gasteiger partial charge in [0.1, 0.15) is 0 Å². The first-order valence-corrected chi connectivity index (χ1v) is 2.99. The Balaban J connectivity index is 0.000000810. The number of pyridine rings is 1. The van der Waals surface area contributed by atoms with Crippen LogP contribution in [0, 0.1) is 0 Å². The zero-order valence-electron chi connectivity index (χ0n) is 5.68. The Labute approximate surface area is 67.2 Å². The first-order valence-electron chi connectivity index (χ1n) is 2.99. The summed E-state index contributed by atoms with van der Waals surface area (Å²) in [6, 6.07) is 4.09. The fraction of sp³-hybridized carbons (Fsp3) is 0.125. The van der Waals surface area contributed by atoms with Crippen LogP contribution in [0.25, 0.3) is 0 Å². The molecule has 0 amide bonds. The number of halogens is 1. The first-order chi connectivity index (χ1) is 4.43. The van der Waals surface area contributed by atoms with Gasteiger partial charge in [-0.3, -0.25) is 0 Å². The van der Waals surface area contributed by atoms with E-state index in [1.165, 1.54) is 5.56 Å². The summed E-state index contributed by atoms with van der Waals surface area (Å²) in [5.74, 6) is 0. The van der Waals surface area contributed by atoms with Gasteiger partial charge < -0.3 is 12.4 Å². The fourth-order valence-electron chi connectivity index (χ4n) is 0.724. The lowest BCUT2D eigenvalue weighted by atomic mass is 10.2. The van der Waals surface area contributed by atoms with Crippen LogP contribution in [-0.4, -0.2) is 0 Å². The minimum atomic E-state index is 0. The molecule has 0 saturated heterocycles. The average molecular weight is 156 g/mol. The van der Waals surface area contributed by atoms with Crippen LogP contribution in [0.4, 0.5) is 0 Å². The van der Waals surface area contributed by atoms with Gasteiger partial charge in [-0.15, -0.1) is 6.58 Å². The summed E-state index contributed by atoms with van der Waals surface area (Å²) in [5, 5.41) is 0. The summed E-state index contributed by atoms with van der Waals surface area (Å²) >= 11 is 0. The number of allylic oxidation sites excluding steroid dienone is 1. The van der Waals surface area contributed by atoms with Crippen molar-refractivity contribution in [1.82, 2.24) is 0 Å². The molecule has 0 spiro atoms. The van der Waals surface area contributed by atoms with Crippen molar-refractivity contribution in [2.75, 3.05) is 0 Å². The van der Waals surface area contributed by atoms with Gasteiger partial charge in [-0.2, -0.15) is 0 Å². The van der Waals surface area contributed by atoms with Gasteiger partial charge >= 0.3 is 0 Å². The smallest absolute Gasteiger partial charge is 0.167 e. The van der Waals surface area contributed by atoms with Crippen LogP contribution in [0.5, 0.6) is 0 Å². The zero-order chi connectivity index (χ0) is 6.53. The molecule has 1 aromatic rings. The van der Waals surface area contributed by atoms with Gasteiger partial charge in [0.05, 0.1) is 0 Å². The van der Waals surface area contributed by atoms with E-state index in [9.17, 15) is 0 Å². The number of rotatable bonds is 2. The Morgan fingerprint density at radius 3 is 2.50 bits per heavy atom. The number of aromatic nitrogens is 1. The van der Waals surface area contributed by atoms with E-state index in [0.29, 0.717) is 0 Å². The highest BCUT2D eigenvalue weighted by atomic mass is 35.5. The van der Waals surface area contributed by atoms with Crippen molar-refractivity contribution in [3.63, 3.8) is 0 Å². The standard InChI is InChI=1S/C8H9N.ClH/c1-2-3-8-4-6-9-7-5-8;/h2,4-7H,1,3H2;1H. The Morgan fingerprint density at radius 1 is 1.40 bits per heavy atom. The van der Waals surface area contributed by atoms with Gasteiger partial charge in [0.15, 0.2) is 12.4 Å². The van der Waals surface area contributed by atoms with Crippen molar-refractivity contribution in [2.24, 2.45) is 0 Å². The number of hydrogen-bond acceptors (Lipinski definition) is 0.